The summed E-state index contributed by atoms with van der Waals surface area (Å²) >= 11 is 10.0. The molecule has 0 atom stereocenters. The van der Waals surface area contributed by atoms with Crippen LogP contribution in [-0.2, 0) is 11.2 Å². The van der Waals surface area contributed by atoms with Gasteiger partial charge in [0.2, 0.25) is 0 Å². The number of aromatic hydroxyl groups is 1. The van der Waals surface area contributed by atoms with Crippen molar-refractivity contribution in [1.29, 1.82) is 0 Å². The second kappa shape index (κ2) is 10.1. The highest BCUT2D eigenvalue weighted by Crippen LogP contribution is 2.34. The molecule has 146 valence electrons. The molecule has 0 fully saturated rings. The molecule has 0 spiro atoms. The van der Waals surface area contributed by atoms with E-state index in [4.69, 9.17) is 22.1 Å². The van der Waals surface area contributed by atoms with Crippen molar-refractivity contribution in [3.63, 3.8) is 0 Å². The summed E-state index contributed by atoms with van der Waals surface area (Å²) < 4.78 is 6.38. The van der Waals surface area contributed by atoms with Gasteiger partial charge in [-0.05, 0) is 53.8 Å². The molecule has 4 nitrogen and oxygen atoms in total. The maximum atomic E-state index is 11.7. The number of ether oxygens (including phenoxy) is 1. The highest BCUT2D eigenvalue weighted by molar-refractivity contribution is 9.10. The lowest BCUT2D eigenvalue weighted by Crippen LogP contribution is -2.13. The lowest BCUT2D eigenvalue weighted by atomic mass is 9.96. The summed E-state index contributed by atoms with van der Waals surface area (Å²) in [6.45, 7) is 4.59. The number of halogens is 2. The number of nitrogens with two attached hydrogens (primary N) is 1. The van der Waals surface area contributed by atoms with Gasteiger partial charge in [-0.1, -0.05) is 53.5 Å². The molecule has 0 bridgehead atoms. The normalized spacial score (nSPS) is 11.0. The fourth-order valence-electron chi connectivity index (χ4n) is 2.75. The number of rotatable bonds is 9. The van der Waals surface area contributed by atoms with Crippen LogP contribution in [0.1, 0.15) is 49.3 Å². The number of ketones is 1. The fraction of sp³-hybridized carbons (Fsp3) is 0.381. The molecule has 0 unspecified atom stereocenters. The molecule has 0 aromatic heterocycles. The first kappa shape index (κ1) is 21.7. The van der Waals surface area contributed by atoms with Crippen molar-refractivity contribution >= 4 is 33.3 Å². The van der Waals surface area contributed by atoms with Gasteiger partial charge < -0.3 is 15.6 Å². The minimum atomic E-state index is 0.0117. The number of carbonyl (C=O) groups excluding carboxylic acids is 1. The van der Waals surface area contributed by atoms with E-state index in [1.54, 1.807) is 12.1 Å². The number of benzene rings is 2. The third kappa shape index (κ3) is 6.23. The quantitative estimate of drug-likeness (QED) is 0.545. The van der Waals surface area contributed by atoms with E-state index < -0.39 is 0 Å². The largest absolute Gasteiger partial charge is 0.508 e. The zero-order valence-electron chi connectivity index (χ0n) is 15.6. The number of hydrogen-bond acceptors (Lipinski definition) is 4. The van der Waals surface area contributed by atoms with Crippen molar-refractivity contribution in [3.8, 4) is 11.5 Å². The third-order valence-corrected chi connectivity index (χ3v) is 5.31. The molecule has 0 heterocycles. The van der Waals surface area contributed by atoms with Crippen molar-refractivity contribution in [3.05, 3.63) is 56.5 Å². The Hall–Kier alpha value is -1.56. The van der Waals surface area contributed by atoms with Gasteiger partial charge >= 0.3 is 0 Å². The maximum absolute atomic E-state index is 11.7. The van der Waals surface area contributed by atoms with Gasteiger partial charge in [-0.3, -0.25) is 4.79 Å². The molecule has 0 aliphatic heterocycles. The second-order valence-electron chi connectivity index (χ2n) is 6.81. The molecule has 27 heavy (non-hydrogen) atoms. The predicted molar refractivity (Wildman–Crippen MR) is 113 cm³/mol. The molecular weight excluding hydrogens is 430 g/mol. The number of Topliss-reactive ketones (excluding diaryl/α,β-unsaturated/α-hetero) is 1. The van der Waals surface area contributed by atoms with Gasteiger partial charge in [-0.15, -0.1) is 0 Å². The van der Waals surface area contributed by atoms with E-state index in [-0.39, 0.29) is 18.3 Å². The van der Waals surface area contributed by atoms with E-state index in [1.165, 1.54) is 0 Å². The monoisotopic (exact) mass is 453 g/mol. The molecule has 0 amide bonds. The van der Waals surface area contributed by atoms with Crippen LogP contribution >= 0.6 is 27.5 Å². The molecule has 2 rings (SSSR count). The van der Waals surface area contributed by atoms with Gasteiger partial charge in [0.05, 0.1) is 0 Å². The van der Waals surface area contributed by atoms with Crippen molar-refractivity contribution < 1.29 is 14.6 Å². The number of phenols is 1. The van der Waals surface area contributed by atoms with E-state index in [0.717, 1.165) is 21.2 Å². The predicted octanol–water partition coefficient (Wildman–Crippen LogP) is 5.21. The highest BCUT2D eigenvalue weighted by Gasteiger charge is 2.13. The van der Waals surface area contributed by atoms with E-state index in [9.17, 15) is 9.90 Å². The standard InChI is InChI=1S/C21H25BrClNO3/c1-13(2)17-8-14(5-6-21(17)26)9-18-19(22)10-16(11-20(18)23)27-12-15(25)4-3-7-24/h5-6,8,10-11,13,26H,3-4,7,9,12,24H2,1-2H3. The van der Waals surface area contributed by atoms with Crippen LogP contribution in [0.25, 0.3) is 0 Å². The van der Waals surface area contributed by atoms with Crippen molar-refractivity contribution in [2.45, 2.75) is 39.0 Å². The van der Waals surface area contributed by atoms with Gasteiger partial charge in [0.25, 0.3) is 0 Å². The van der Waals surface area contributed by atoms with Crippen molar-refractivity contribution in [2.75, 3.05) is 13.2 Å². The van der Waals surface area contributed by atoms with Crippen LogP contribution in [-0.4, -0.2) is 24.0 Å². The average molecular weight is 455 g/mol. The zero-order chi connectivity index (χ0) is 20.0. The minimum Gasteiger partial charge on any atom is -0.508 e. The Morgan fingerprint density at radius 1 is 1.30 bits per heavy atom. The molecule has 3 N–H and O–H groups in total. The van der Waals surface area contributed by atoms with Gasteiger partial charge in [0.1, 0.15) is 18.1 Å². The van der Waals surface area contributed by atoms with Crippen LogP contribution < -0.4 is 10.5 Å². The molecule has 2 aromatic carbocycles. The second-order valence-corrected chi connectivity index (χ2v) is 8.07. The Bertz CT molecular complexity index is 785. The summed E-state index contributed by atoms with van der Waals surface area (Å²) in [7, 11) is 0. The first-order chi connectivity index (χ1) is 12.8. The van der Waals surface area contributed by atoms with Crippen LogP contribution in [0.5, 0.6) is 11.5 Å². The third-order valence-electron chi connectivity index (χ3n) is 4.27. The minimum absolute atomic E-state index is 0.0117. The van der Waals surface area contributed by atoms with Crippen molar-refractivity contribution in [1.82, 2.24) is 0 Å². The molecule has 0 saturated carbocycles. The van der Waals surface area contributed by atoms with E-state index in [1.807, 2.05) is 32.0 Å². The summed E-state index contributed by atoms with van der Waals surface area (Å²) in [5.41, 5.74) is 8.31. The lowest BCUT2D eigenvalue weighted by Gasteiger charge is -2.14. The van der Waals surface area contributed by atoms with Gasteiger partial charge in [-0.2, -0.15) is 0 Å². The maximum Gasteiger partial charge on any atom is 0.170 e. The van der Waals surface area contributed by atoms with Crippen LogP contribution in [0.4, 0.5) is 0 Å². The molecular formula is C21H25BrClNO3. The first-order valence-corrected chi connectivity index (χ1v) is 10.1. The number of hydrogen-bond donors (Lipinski definition) is 2. The molecule has 0 aliphatic carbocycles. The number of phenolic OH excluding ortho intramolecular Hbond substituents is 1. The van der Waals surface area contributed by atoms with Crippen LogP contribution in [0.15, 0.2) is 34.8 Å². The topological polar surface area (TPSA) is 72.5 Å². The van der Waals surface area contributed by atoms with Crippen LogP contribution in [0.2, 0.25) is 5.02 Å². The molecule has 2 aromatic rings. The summed E-state index contributed by atoms with van der Waals surface area (Å²) in [5, 5.41) is 10.6. The Morgan fingerprint density at radius 2 is 2.04 bits per heavy atom. The lowest BCUT2D eigenvalue weighted by molar-refractivity contribution is -0.121. The molecule has 6 heteroatoms. The summed E-state index contributed by atoms with van der Waals surface area (Å²) in [6, 6.07) is 9.16. The zero-order valence-corrected chi connectivity index (χ0v) is 17.9. The van der Waals surface area contributed by atoms with Gasteiger partial charge in [0.15, 0.2) is 5.78 Å². The molecule has 0 aliphatic rings. The highest BCUT2D eigenvalue weighted by atomic mass is 79.9. The summed E-state index contributed by atoms with van der Waals surface area (Å²) in [5.74, 6) is 1.10. The van der Waals surface area contributed by atoms with E-state index in [0.29, 0.717) is 42.3 Å². The van der Waals surface area contributed by atoms with E-state index >= 15 is 0 Å². The van der Waals surface area contributed by atoms with Crippen LogP contribution in [0, 0.1) is 0 Å². The Labute approximate surface area is 173 Å². The van der Waals surface area contributed by atoms with Crippen LogP contribution in [0.3, 0.4) is 0 Å². The Morgan fingerprint density at radius 3 is 2.67 bits per heavy atom. The van der Waals surface area contributed by atoms with Gasteiger partial charge in [0, 0.05) is 22.3 Å². The van der Waals surface area contributed by atoms with E-state index in [2.05, 4.69) is 15.9 Å². The SMILES string of the molecule is CC(C)c1cc(Cc2c(Cl)cc(OCC(=O)CCCN)cc2Br)ccc1O. The smallest absolute Gasteiger partial charge is 0.170 e. The first-order valence-electron chi connectivity index (χ1n) is 8.96. The van der Waals surface area contributed by atoms with Gasteiger partial charge in [-0.25, -0.2) is 0 Å². The van der Waals surface area contributed by atoms with Crippen molar-refractivity contribution in [2.24, 2.45) is 5.73 Å². The molecule has 0 radical (unpaired) electrons. The number of carbonyl (C=O) groups is 1. The Kier molecular flexibility index (Phi) is 8.14. The summed E-state index contributed by atoms with van der Waals surface area (Å²) in [6.07, 6.45) is 1.70. The summed E-state index contributed by atoms with van der Waals surface area (Å²) in [4.78, 5) is 11.7. The molecule has 0 saturated heterocycles. The Balaban J connectivity index is 2.13. The fourth-order valence-corrected chi connectivity index (χ4v) is 3.72. The average Bonchev–Trinajstić information content (AvgIpc) is 2.62.